The van der Waals surface area contributed by atoms with Crippen molar-refractivity contribution in [3.8, 4) is 0 Å². The maximum atomic E-state index is 10.7. The second kappa shape index (κ2) is 4.31. The molecule has 0 amide bonds. The van der Waals surface area contributed by atoms with Gasteiger partial charge in [0.1, 0.15) is 12.0 Å². The fraction of sp³-hybridized carbons (Fsp3) is 0.583. The molecule has 0 unspecified atom stereocenters. The van der Waals surface area contributed by atoms with Crippen molar-refractivity contribution in [3.05, 3.63) is 27.9 Å². The Morgan fingerprint density at radius 2 is 2.29 bits per heavy atom. The van der Waals surface area contributed by atoms with Crippen LogP contribution in [0, 0.1) is 17.0 Å². The largest absolute Gasteiger partial charge is 0.365 e. The molecule has 1 aliphatic carbocycles. The van der Waals surface area contributed by atoms with E-state index in [0.29, 0.717) is 5.56 Å². The minimum atomic E-state index is -0.398. The minimum absolute atomic E-state index is 0.0784. The Morgan fingerprint density at radius 1 is 1.59 bits per heavy atom. The maximum Gasteiger partial charge on any atom is 0.290 e. The molecule has 1 aromatic heterocycles. The van der Waals surface area contributed by atoms with E-state index in [1.54, 1.807) is 13.0 Å². The second-order valence-electron chi connectivity index (χ2n) is 4.73. The number of aromatic nitrogens is 1. The van der Waals surface area contributed by atoms with Gasteiger partial charge in [0.15, 0.2) is 0 Å². The highest BCUT2D eigenvalue weighted by Gasteiger charge is 2.35. The molecule has 5 heteroatoms. The number of hydrogen-bond acceptors (Lipinski definition) is 4. The van der Waals surface area contributed by atoms with E-state index in [9.17, 15) is 10.1 Å². The molecule has 17 heavy (non-hydrogen) atoms. The molecule has 0 atom stereocenters. The number of pyridine rings is 1. The van der Waals surface area contributed by atoms with E-state index in [1.165, 1.54) is 12.6 Å². The molecule has 0 saturated heterocycles. The monoisotopic (exact) mass is 235 g/mol. The summed E-state index contributed by atoms with van der Waals surface area (Å²) in [4.78, 5) is 14.4. The molecule has 0 bridgehead atoms. The molecule has 1 saturated carbocycles. The fourth-order valence-electron chi connectivity index (χ4n) is 2.25. The van der Waals surface area contributed by atoms with Crippen LogP contribution in [0.3, 0.4) is 0 Å². The molecular weight excluding hydrogens is 218 g/mol. The van der Waals surface area contributed by atoms with Gasteiger partial charge in [-0.3, -0.25) is 10.1 Å². The molecule has 0 aliphatic heterocycles. The number of nitro groups is 1. The third kappa shape index (κ3) is 2.23. The molecule has 0 radical (unpaired) electrons. The molecule has 1 N–H and O–H groups in total. The van der Waals surface area contributed by atoms with Gasteiger partial charge in [-0.2, -0.15) is 0 Å². The van der Waals surface area contributed by atoms with Crippen LogP contribution in [0.5, 0.6) is 0 Å². The van der Waals surface area contributed by atoms with Crippen LogP contribution < -0.4 is 5.32 Å². The summed E-state index contributed by atoms with van der Waals surface area (Å²) in [6.45, 7) is 3.90. The first-order valence-electron chi connectivity index (χ1n) is 5.95. The molecule has 0 aromatic carbocycles. The fourth-order valence-corrected chi connectivity index (χ4v) is 2.25. The van der Waals surface area contributed by atoms with E-state index < -0.39 is 4.92 Å². The quantitative estimate of drug-likeness (QED) is 0.643. The predicted molar refractivity (Wildman–Crippen MR) is 66.1 cm³/mol. The van der Waals surface area contributed by atoms with Gasteiger partial charge < -0.3 is 5.32 Å². The number of nitrogens with one attached hydrogen (secondary N) is 1. The van der Waals surface area contributed by atoms with Crippen LogP contribution in [-0.2, 0) is 0 Å². The lowest BCUT2D eigenvalue weighted by Gasteiger charge is -2.42. The zero-order chi connectivity index (χ0) is 12.5. The summed E-state index contributed by atoms with van der Waals surface area (Å²) in [5.41, 5.74) is 0.892. The van der Waals surface area contributed by atoms with Crippen molar-refractivity contribution in [2.75, 3.05) is 5.32 Å². The van der Waals surface area contributed by atoms with Crippen molar-refractivity contribution in [2.45, 2.75) is 45.1 Å². The van der Waals surface area contributed by atoms with Crippen LogP contribution in [0.2, 0.25) is 0 Å². The van der Waals surface area contributed by atoms with Crippen LogP contribution in [0.4, 0.5) is 11.5 Å². The SMILES string of the molecule is CCC1(Nc2cc(C)c([N+](=O)[O-])cn2)CCC1. The second-order valence-corrected chi connectivity index (χ2v) is 4.73. The average molecular weight is 235 g/mol. The van der Waals surface area contributed by atoms with Gasteiger partial charge >= 0.3 is 0 Å². The average Bonchev–Trinajstić information content (AvgIpc) is 2.23. The Morgan fingerprint density at radius 3 is 2.71 bits per heavy atom. The van der Waals surface area contributed by atoms with E-state index >= 15 is 0 Å². The van der Waals surface area contributed by atoms with Crippen LogP contribution in [0.15, 0.2) is 12.3 Å². The van der Waals surface area contributed by atoms with Crippen molar-refractivity contribution in [1.29, 1.82) is 0 Å². The van der Waals surface area contributed by atoms with E-state index in [1.807, 2.05) is 0 Å². The first-order valence-corrected chi connectivity index (χ1v) is 5.95. The minimum Gasteiger partial charge on any atom is -0.365 e. The molecule has 1 heterocycles. The summed E-state index contributed by atoms with van der Waals surface area (Å²) < 4.78 is 0. The molecule has 1 fully saturated rings. The summed E-state index contributed by atoms with van der Waals surface area (Å²) >= 11 is 0. The number of rotatable bonds is 4. The number of anilines is 1. The Bertz CT molecular complexity index is 436. The van der Waals surface area contributed by atoms with Crippen LogP contribution >= 0.6 is 0 Å². The highest BCUT2D eigenvalue weighted by molar-refractivity contribution is 5.48. The smallest absolute Gasteiger partial charge is 0.290 e. The van der Waals surface area contributed by atoms with Gasteiger partial charge in [-0.15, -0.1) is 0 Å². The summed E-state index contributed by atoms with van der Waals surface area (Å²) in [5, 5.41) is 14.1. The summed E-state index contributed by atoms with van der Waals surface area (Å²) in [7, 11) is 0. The Hall–Kier alpha value is -1.65. The zero-order valence-corrected chi connectivity index (χ0v) is 10.2. The third-order valence-electron chi connectivity index (χ3n) is 3.66. The highest BCUT2D eigenvalue weighted by atomic mass is 16.6. The molecule has 0 spiro atoms. The van der Waals surface area contributed by atoms with Gasteiger partial charge in [0.2, 0.25) is 0 Å². The number of aryl methyl sites for hydroxylation is 1. The Balaban J connectivity index is 2.17. The molecular formula is C12H17N3O2. The van der Waals surface area contributed by atoms with E-state index in [-0.39, 0.29) is 11.2 Å². The van der Waals surface area contributed by atoms with Crippen molar-refractivity contribution in [2.24, 2.45) is 0 Å². The topological polar surface area (TPSA) is 68.1 Å². The summed E-state index contributed by atoms with van der Waals surface area (Å²) in [6, 6.07) is 1.76. The van der Waals surface area contributed by atoms with Crippen molar-refractivity contribution >= 4 is 11.5 Å². The maximum absolute atomic E-state index is 10.7. The van der Waals surface area contributed by atoms with Crippen LogP contribution in [0.1, 0.15) is 38.2 Å². The first kappa shape index (κ1) is 11.8. The predicted octanol–water partition coefficient (Wildman–Crippen LogP) is 3.04. The van der Waals surface area contributed by atoms with Crippen molar-refractivity contribution in [3.63, 3.8) is 0 Å². The highest BCUT2D eigenvalue weighted by Crippen LogP contribution is 2.37. The standard InChI is InChI=1S/C12H17N3O2/c1-3-12(5-4-6-12)14-11-7-9(2)10(8-13-11)15(16)17/h7-8H,3-6H2,1-2H3,(H,13,14). The molecule has 5 nitrogen and oxygen atoms in total. The van der Waals surface area contributed by atoms with Gasteiger partial charge in [-0.25, -0.2) is 4.98 Å². The number of nitrogens with zero attached hydrogens (tertiary/aromatic N) is 2. The van der Waals surface area contributed by atoms with Gasteiger partial charge in [-0.05, 0) is 38.7 Å². The lowest BCUT2D eigenvalue weighted by atomic mass is 9.75. The molecule has 1 aliphatic rings. The van der Waals surface area contributed by atoms with Gasteiger partial charge in [0, 0.05) is 11.1 Å². The molecule has 1 aromatic rings. The Kier molecular flexibility index (Phi) is 3.00. The lowest BCUT2D eigenvalue weighted by Crippen LogP contribution is -2.44. The van der Waals surface area contributed by atoms with E-state index in [4.69, 9.17) is 0 Å². The Labute approximate surface area is 100 Å². The van der Waals surface area contributed by atoms with E-state index in [0.717, 1.165) is 25.1 Å². The lowest BCUT2D eigenvalue weighted by molar-refractivity contribution is -0.385. The van der Waals surface area contributed by atoms with Gasteiger partial charge in [-0.1, -0.05) is 6.92 Å². The van der Waals surface area contributed by atoms with Crippen LogP contribution in [0.25, 0.3) is 0 Å². The van der Waals surface area contributed by atoms with Gasteiger partial charge in [0.25, 0.3) is 5.69 Å². The third-order valence-corrected chi connectivity index (χ3v) is 3.66. The number of hydrogen-bond donors (Lipinski definition) is 1. The van der Waals surface area contributed by atoms with Crippen LogP contribution in [-0.4, -0.2) is 15.4 Å². The molecule has 92 valence electrons. The summed E-state index contributed by atoms with van der Waals surface area (Å²) in [5.74, 6) is 0.745. The van der Waals surface area contributed by atoms with Crippen molar-refractivity contribution in [1.82, 2.24) is 4.98 Å². The van der Waals surface area contributed by atoms with E-state index in [2.05, 4.69) is 17.2 Å². The summed E-state index contributed by atoms with van der Waals surface area (Å²) in [6.07, 6.45) is 5.94. The first-order chi connectivity index (χ1) is 8.06. The van der Waals surface area contributed by atoms with Gasteiger partial charge in [0.05, 0.1) is 4.92 Å². The molecule has 2 rings (SSSR count). The normalized spacial score (nSPS) is 17.3. The zero-order valence-electron chi connectivity index (χ0n) is 10.2. The van der Waals surface area contributed by atoms with Crippen molar-refractivity contribution < 1.29 is 4.92 Å².